The average Bonchev–Trinajstić information content (AvgIpc) is 2.93. The Morgan fingerprint density at radius 2 is 1.96 bits per heavy atom. The second kappa shape index (κ2) is 7.81. The highest BCUT2D eigenvalue weighted by molar-refractivity contribution is 7.11. The Morgan fingerprint density at radius 1 is 1.22 bits per heavy atom. The number of hydrogen-bond donors (Lipinski definition) is 2. The first-order chi connectivity index (χ1) is 10.9. The zero-order valence-electron chi connectivity index (χ0n) is 12.7. The number of amides is 2. The van der Waals surface area contributed by atoms with Crippen LogP contribution in [0.4, 0.5) is 0 Å². The van der Waals surface area contributed by atoms with E-state index in [0.29, 0.717) is 11.6 Å². The number of aryl methyl sites for hydroxylation is 1. The Balaban J connectivity index is 1.92. The Hall–Kier alpha value is -1.56. The summed E-state index contributed by atoms with van der Waals surface area (Å²) < 4.78 is 0. The number of rotatable bonds is 5. The molecule has 0 spiro atoms. The summed E-state index contributed by atoms with van der Waals surface area (Å²) in [6, 6.07) is 8.07. The molecule has 1 aromatic carbocycles. The SMILES string of the molecule is Cc1ccc(CNC(=O)C(C)NC(=O)c2cccc(Cl)c2Cl)s1. The summed E-state index contributed by atoms with van der Waals surface area (Å²) in [6.07, 6.45) is 0. The summed E-state index contributed by atoms with van der Waals surface area (Å²) in [7, 11) is 0. The molecule has 122 valence electrons. The molecule has 0 aliphatic heterocycles. The molecule has 2 N–H and O–H groups in total. The van der Waals surface area contributed by atoms with Crippen molar-refractivity contribution >= 4 is 46.4 Å². The third-order valence-electron chi connectivity index (χ3n) is 3.17. The van der Waals surface area contributed by atoms with Gasteiger partial charge < -0.3 is 10.6 Å². The standard InChI is InChI=1S/C16H16Cl2N2O2S/c1-9-6-7-11(23-9)8-19-15(21)10(2)20-16(22)12-4-3-5-13(17)14(12)18/h3-7,10H,8H2,1-2H3,(H,19,21)(H,20,22). The first-order valence-electron chi connectivity index (χ1n) is 6.96. The number of benzene rings is 1. The monoisotopic (exact) mass is 370 g/mol. The number of carbonyl (C=O) groups is 2. The van der Waals surface area contributed by atoms with Crippen LogP contribution >= 0.6 is 34.5 Å². The second-order valence-electron chi connectivity index (χ2n) is 5.03. The van der Waals surface area contributed by atoms with Gasteiger partial charge in [0, 0.05) is 9.75 Å². The first-order valence-corrected chi connectivity index (χ1v) is 8.53. The van der Waals surface area contributed by atoms with Gasteiger partial charge in [-0.2, -0.15) is 0 Å². The van der Waals surface area contributed by atoms with Crippen molar-refractivity contribution in [2.24, 2.45) is 0 Å². The van der Waals surface area contributed by atoms with Crippen LogP contribution < -0.4 is 10.6 Å². The highest BCUT2D eigenvalue weighted by Gasteiger charge is 2.19. The lowest BCUT2D eigenvalue weighted by Gasteiger charge is -2.14. The lowest BCUT2D eigenvalue weighted by Crippen LogP contribution is -2.44. The number of hydrogen-bond acceptors (Lipinski definition) is 3. The minimum absolute atomic E-state index is 0.174. The maximum Gasteiger partial charge on any atom is 0.253 e. The maximum atomic E-state index is 12.2. The zero-order chi connectivity index (χ0) is 17.0. The predicted molar refractivity (Wildman–Crippen MR) is 94.3 cm³/mol. The van der Waals surface area contributed by atoms with Gasteiger partial charge in [0.1, 0.15) is 6.04 Å². The second-order valence-corrected chi connectivity index (χ2v) is 7.18. The van der Waals surface area contributed by atoms with Crippen LogP contribution in [0.15, 0.2) is 30.3 Å². The predicted octanol–water partition coefficient (Wildman–Crippen LogP) is 3.80. The van der Waals surface area contributed by atoms with Gasteiger partial charge in [-0.3, -0.25) is 9.59 Å². The molecule has 0 aliphatic carbocycles. The molecule has 0 aliphatic rings. The molecule has 1 atom stereocenters. The van der Waals surface area contributed by atoms with Gasteiger partial charge in [0.2, 0.25) is 5.91 Å². The van der Waals surface area contributed by atoms with E-state index in [1.807, 2.05) is 19.1 Å². The molecule has 2 aromatic rings. The van der Waals surface area contributed by atoms with E-state index in [2.05, 4.69) is 10.6 Å². The van der Waals surface area contributed by atoms with Gasteiger partial charge in [-0.15, -0.1) is 11.3 Å². The number of thiophene rings is 1. The summed E-state index contributed by atoms with van der Waals surface area (Å²) in [5, 5.41) is 5.88. The minimum atomic E-state index is -0.682. The van der Waals surface area contributed by atoms with E-state index in [9.17, 15) is 9.59 Å². The van der Waals surface area contributed by atoms with Crippen molar-refractivity contribution < 1.29 is 9.59 Å². The fourth-order valence-corrected chi connectivity index (χ4v) is 3.14. The van der Waals surface area contributed by atoms with Crippen molar-refractivity contribution in [1.82, 2.24) is 10.6 Å². The summed E-state index contributed by atoms with van der Waals surface area (Å²) in [6.45, 7) is 4.06. The van der Waals surface area contributed by atoms with Crippen LogP contribution in [-0.4, -0.2) is 17.9 Å². The average molecular weight is 371 g/mol. The van der Waals surface area contributed by atoms with E-state index in [4.69, 9.17) is 23.2 Å². The molecule has 1 heterocycles. The van der Waals surface area contributed by atoms with Crippen molar-refractivity contribution in [2.45, 2.75) is 26.4 Å². The number of halogens is 2. The Bertz CT molecular complexity index is 731. The molecule has 7 heteroatoms. The van der Waals surface area contributed by atoms with Crippen LogP contribution in [0.2, 0.25) is 10.0 Å². The van der Waals surface area contributed by atoms with E-state index in [0.717, 1.165) is 4.88 Å². The summed E-state index contributed by atoms with van der Waals surface area (Å²) >= 11 is 13.5. The van der Waals surface area contributed by atoms with Crippen molar-refractivity contribution in [3.05, 3.63) is 55.7 Å². The molecule has 0 bridgehead atoms. The van der Waals surface area contributed by atoms with Gasteiger partial charge in [-0.25, -0.2) is 0 Å². The van der Waals surface area contributed by atoms with Crippen molar-refractivity contribution in [3.8, 4) is 0 Å². The molecule has 23 heavy (non-hydrogen) atoms. The van der Waals surface area contributed by atoms with Gasteiger partial charge in [-0.05, 0) is 38.1 Å². The smallest absolute Gasteiger partial charge is 0.253 e. The fraction of sp³-hybridized carbons (Fsp3) is 0.250. The van der Waals surface area contributed by atoms with E-state index >= 15 is 0 Å². The first kappa shape index (κ1) is 17.8. The van der Waals surface area contributed by atoms with Crippen LogP contribution in [0.25, 0.3) is 0 Å². The highest BCUT2D eigenvalue weighted by atomic mass is 35.5. The minimum Gasteiger partial charge on any atom is -0.349 e. The Morgan fingerprint density at radius 3 is 2.61 bits per heavy atom. The molecule has 2 amide bonds. The summed E-state index contributed by atoms with van der Waals surface area (Å²) in [5.41, 5.74) is 0.243. The van der Waals surface area contributed by atoms with Crippen molar-refractivity contribution in [1.29, 1.82) is 0 Å². The number of carbonyl (C=O) groups excluding carboxylic acids is 2. The Kier molecular flexibility index (Phi) is 6.04. The van der Waals surface area contributed by atoms with Crippen LogP contribution in [-0.2, 0) is 11.3 Å². The summed E-state index contributed by atoms with van der Waals surface area (Å²) in [4.78, 5) is 26.5. The van der Waals surface area contributed by atoms with Gasteiger partial charge in [0.25, 0.3) is 5.91 Å². The summed E-state index contributed by atoms with van der Waals surface area (Å²) in [5.74, 6) is -0.699. The molecule has 2 rings (SSSR count). The quantitative estimate of drug-likeness (QED) is 0.840. The molecule has 4 nitrogen and oxygen atoms in total. The van der Waals surface area contributed by atoms with Crippen LogP contribution in [0.5, 0.6) is 0 Å². The third kappa shape index (κ3) is 4.70. The highest BCUT2D eigenvalue weighted by Crippen LogP contribution is 2.25. The topological polar surface area (TPSA) is 58.2 Å². The lowest BCUT2D eigenvalue weighted by atomic mass is 10.2. The fourth-order valence-electron chi connectivity index (χ4n) is 1.93. The van der Waals surface area contributed by atoms with Crippen molar-refractivity contribution in [2.75, 3.05) is 0 Å². The molecule has 0 radical (unpaired) electrons. The molecule has 0 saturated carbocycles. The third-order valence-corrected chi connectivity index (χ3v) is 4.99. The lowest BCUT2D eigenvalue weighted by molar-refractivity contribution is -0.122. The van der Waals surface area contributed by atoms with Crippen LogP contribution in [0, 0.1) is 6.92 Å². The molecular formula is C16H16Cl2N2O2S. The van der Waals surface area contributed by atoms with Crippen LogP contribution in [0.1, 0.15) is 27.0 Å². The Labute approximate surface area is 148 Å². The molecule has 1 aromatic heterocycles. The zero-order valence-corrected chi connectivity index (χ0v) is 15.0. The maximum absolute atomic E-state index is 12.2. The normalized spacial score (nSPS) is 11.8. The van der Waals surface area contributed by atoms with E-state index in [1.54, 1.807) is 36.5 Å². The molecular weight excluding hydrogens is 355 g/mol. The van der Waals surface area contributed by atoms with E-state index in [-0.39, 0.29) is 16.5 Å². The van der Waals surface area contributed by atoms with Gasteiger partial charge in [0.15, 0.2) is 0 Å². The van der Waals surface area contributed by atoms with Gasteiger partial charge in [-0.1, -0.05) is 29.3 Å². The van der Waals surface area contributed by atoms with E-state index < -0.39 is 11.9 Å². The molecule has 0 fully saturated rings. The van der Waals surface area contributed by atoms with Crippen LogP contribution in [0.3, 0.4) is 0 Å². The van der Waals surface area contributed by atoms with Crippen molar-refractivity contribution in [3.63, 3.8) is 0 Å². The van der Waals surface area contributed by atoms with Gasteiger partial charge in [0.05, 0.1) is 22.2 Å². The molecule has 0 saturated heterocycles. The largest absolute Gasteiger partial charge is 0.349 e. The molecule has 1 unspecified atom stereocenters. The number of nitrogens with one attached hydrogen (secondary N) is 2. The van der Waals surface area contributed by atoms with Gasteiger partial charge >= 0.3 is 0 Å². The van der Waals surface area contributed by atoms with E-state index in [1.165, 1.54) is 4.88 Å².